The molecule has 0 aliphatic carbocycles. The first-order chi connectivity index (χ1) is 10.3. The highest BCUT2D eigenvalue weighted by molar-refractivity contribution is 5.91. The Morgan fingerprint density at radius 1 is 1.41 bits per heavy atom. The number of aryl methyl sites for hydroxylation is 1. The van der Waals surface area contributed by atoms with Crippen molar-refractivity contribution in [3.05, 3.63) is 28.7 Å². The lowest BCUT2D eigenvalue weighted by Crippen LogP contribution is -2.43. The van der Waals surface area contributed by atoms with Gasteiger partial charge in [0.2, 0.25) is 0 Å². The Morgan fingerprint density at radius 2 is 2.09 bits per heavy atom. The van der Waals surface area contributed by atoms with Gasteiger partial charge in [0.1, 0.15) is 0 Å². The molecule has 1 heterocycles. The second kappa shape index (κ2) is 6.23. The van der Waals surface area contributed by atoms with E-state index < -0.39 is 11.9 Å². The zero-order valence-corrected chi connectivity index (χ0v) is 13.2. The summed E-state index contributed by atoms with van der Waals surface area (Å²) < 4.78 is 6.49. The summed E-state index contributed by atoms with van der Waals surface area (Å²) in [5, 5.41) is 12.2. The summed E-state index contributed by atoms with van der Waals surface area (Å²) in [6.07, 6.45) is -0.609. The van der Waals surface area contributed by atoms with Gasteiger partial charge in [0.25, 0.3) is 0 Å². The van der Waals surface area contributed by atoms with Crippen LogP contribution in [0.2, 0.25) is 0 Å². The maximum atomic E-state index is 12.3. The van der Waals surface area contributed by atoms with Gasteiger partial charge in [-0.25, -0.2) is 9.59 Å². The molecule has 2 N–H and O–H groups in total. The van der Waals surface area contributed by atoms with E-state index in [2.05, 4.69) is 5.32 Å². The molecule has 0 aliphatic heterocycles. The van der Waals surface area contributed by atoms with E-state index in [0.717, 1.165) is 0 Å². The van der Waals surface area contributed by atoms with Gasteiger partial charge in [-0.3, -0.25) is 4.57 Å². The number of hydrogen-bond donors (Lipinski definition) is 2. The third-order valence-electron chi connectivity index (χ3n) is 3.39. The number of nitrogens with one attached hydrogen (secondary N) is 1. The Labute approximate surface area is 128 Å². The second-order valence-electron chi connectivity index (χ2n) is 5.63. The standard InChI is InChI=1S/C15H21N3O4/c1-9(2)18(8-10(3)19)14(20)16-11-5-6-12-13(7-11)22-15(21)17(12)4/h5-7,9-10,19H,8H2,1-4H3,(H,16,20). The predicted octanol–water partition coefficient (Wildman–Crippen LogP) is 1.75. The zero-order valence-electron chi connectivity index (χ0n) is 13.2. The van der Waals surface area contributed by atoms with E-state index in [9.17, 15) is 14.7 Å². The Morgan fingerprint density at radius 3 is 2.68 bits per heavy atom. The molecule has 22 heavy (non-hydrogen) atoms. The van der Waals surface area contributed by atoms with Gasteiger partial charge in [-0.05, 0) is 32.9 Å². The highest BCUT2D eigenvalue weighted by Gasteiger charge is 2.19. The van der Waals surface area contributed by atoms with E-state index in [1.165, 1.54) is 9.47 Å². The van der Waals surface area contributed by atoms with Crippen LogP contribution in [0.3, 0.4) is 0 Å². The molecule has 0 aliphatic rings. The van der Waals surface area contributed by atoms with Crippen LogP contribution in [-0.4, -0.2) is 39.3 Å². The number of oxazole rings is 1. The molecular formula is C15H21N3O4. The van der Waals surface area contributed by atoms with Crippen molar-refractivity contribution in [2.45, 2.75) is 32.9 Å². The lowest BCUT2D eigenvalue weighted by atomic mass is 10.2. The molecule has 1 unspecified atom stereocenters. The Hall–Kier alpha value is -2.28. The molecule has 0 radical (unpaired) electrons. The molecule has 120 valence electrons. The van der Waals surface area contributed by atoms with Crippen LogP contribution >= 0.6 is 0 Å². The third kappa shape index (κ3) is 3.30. The van der Waals surface area contributed by atoms with Gasteiger partial charge < -0.3 is 19.7 Å². The van der Waals surface area contributed by atoms with Crippen molar-refractivity contribution < 1.29 is 14.3 Å². The number of aliphatic hydroxyl groups excluding tert-OH is 1. The number of rotatable bonds is 4. The average Bonchev–Trinajstić information content (AvgIpc) is 2.70. The summed E-state index contributed by atoms with van der Waals surface area (Å²) in [5.41, 5.74) is 1.60. The molecule has 0 spiro atoms. The van der Waals surface area contributed by atoms with E-state index in [4.69, 9.17) is 4.42 Å². The molecule has 0 saturated carbocycles. The number of nitrogens with zero attached hydrogens (tertiary/aromatic N) is 2. The van der Waals surface area contributed by atoms with Gasteiger partial charge in [-0.1, -0.05) is 0 Å². The molecule has 7 heteroatoms. The van der Waals surface area contributed by atoms with Gasteiger partial charge in [0, 0.05) is 31.4 Å². The van der Waals surface area contributed by atoms with Crippen molar-refractivity contribution >= 4 is 22.8 Å². The first-order valence-corrected chi connectivity index (χ1v) is 7.15. The normalized spacial score (nSPS) is 12.6. The number of carbonyl (C=O) groups is 1. The molecule has 2 rings (SSSR count). The molecule has 7 nitrogen and oxygen atoms in total. The van der Waals surface area contributed by atoms with Crippen molar-refractivity contribution in [3.8, 4) is 0 Å². The fourth-order valence-corrected chi connectivity index (χ4v) is 2.22. The third-order valence-corrected chi connectivity index (χ3v) is 3.39. The number of hydrogen-bond acceptors (Lipinski definition) is 4. The quantitative estimate of drug-likeness (QED) is 0.901. The molecule has 2 amide bonds. The Bertz CT molecular complexity index is 730. The molecule has 1 aromatic carbocycles. The first kappa shape index (κ1) is 16.1. The van der Waals surface area contributed by atoms with Crippen molar-refractivity contribution in [3.63, 3.8) is 0 Å². The van der Waals surface area contributed by atoms with Gasteiger partial charge in [-0.15, -0.1) is 0 Å². The minimum Gasteiger partial charge on any atom is -0.408 e. The molecule has 0 fully saturated rings. The smallest absolute Gasteiger partial charge is 0.408 e. The molecule has 0 bridgehead atoms. The lowest BCUT2D eigenvalue weighted by molar-refractivity contribution is 0.125. The Balaban J connectivity index is 2.22. The van der Waals surface area contributed by atoms with E-state index in [1.54, 1.807) is 32.2 Å². The van der Waals surface area contributed by atoms with Crippen LogP contribution in [0.25, 0.3) is 11.1 Å². The highest BCUT2D eigenvalue weighted by atomic mass is 16.4. The Kier molecular flexibility index (Phi) is 4.56. The van der Waals surface area contributed by atoms with Gasteiger partial charge >= 0.3 is 11.8 Å². The molecule has 1 atom stereocenters. The number of aromatic nitrogens is 1. The van der Waals surface area contributed by atoms with E-state index in [0.29, 0.717) is 16.8 Å². The monoisotopic (exact) mass is 307 g/mol. The summed E-state index contributed by atoms with van der Waals surface area (Å²) in [6, 6.07) is 4.66. The minimum atomic E-state index is -0.609. The van der Waals surface area contributed by atoms with Crippen molar-refractivity contribution in [2.24, 2.45) is 7.05 Å². The zero-order chi connectivity index (χ0) is 16.4. The number of benzene rings is 1. The van der Waals surface area contributed by atoms with Crippen molar-refractivity contribution in [1.29, 1.82) is 0 Å². The van der Waals surface area contributed by atoms with Crippen LogP contribution in [0.1, 0.15) is 20.8 Å². The maximum absolute atomic E-state index is 12.3. The second-order valence-corrected chi connectivity index (χ2v) is 5.63. The lowest BCUT2D eigenvalue weighted by Gasteiger charge is -2.28. The molecular weight excluding hydrogens is 286 g/mol. The summed E-state index contributed by atoms with van der Waals surface area (Å²) in [5.74, 6) is -0.448. The number of aliphatic hydroxyl groups is 1. The van der Waals surface area contributed by atoms with Crippen LogP contribution in [-0.2, 0) is 7.05 Å². The fraction of sp³-hybridized carbons (Fsp3) is 0.467. The van der Waals surface area contributed by atoms with E-state index in [-0.39, 0.29) is 18.6 Å². The fourth-order valence-electron chi connectivity index (χ4n) is 2.22. The molecule has 1 aromatic heterocycles. The summed E-state index contributed by atoms with van der Waals surface area (Å²) in [4.78, 5) is 25.3. The number of amides is 2. The predicted molar refractivity (Wildman–Crippen MR) is 84.0 cm³/mol. The van der Waals surface area contributed by atoms with Crippen LogP contribution in [0.4, 0.5) is 10.5 Å². The largest absolute Gasteiger partial charge is 0.419 e. The summed E-state index contributed by atoms with van der Waals surface area (Å²) in [7, 11) is 1.62. The van der Waals surface area contributed by atoms with Crippen LogP contribution in [0, 0.1) is 0 Å². The van der Waals surface area contributed by atoms with Crippen molar-refractivity contribution in [1.82, 2.24) is 9.47 Å². The number of carbonyl (C=O) groups excluding carboxylic acids is 1. The first-order valence-electron chi connectivity index (χ1n) is 7.15. The van der Waals surface area contributed by atoms with Gasteiger partial charge in [-0.2, -0.15) is 0 Å². The molecule has 0 saturated heterocycles. The molecule has 2 aromatic rings. The average molecular weight is 307 g/mol. The van der Waals surface area contributed by atoms with Gasteiger partial charge in [0.15, 0.2) is 5.58 Å². The van der Waals surface area contributed by atoms with E-state index in [1.807, 2.05) is 13.8 Å². The van der Waals surface area contributed by atoms with E-state index >= 15 is 0 Å². The van der Waals surface area contributed by atoms with Gasteiger partial charge in [0.05, 0.1) is 11.6 Å². The SMILES string of the molecule is CC(O)CN(C(=O)Nc1ccc2c(c1)oc(=O)n2C)C(C)C. The summed E-state index contributed by atoms with van der Waals surface area (Å²) >= 11 is 0. The number of anilines is 1. The van der Waals surface area contributed by atoms with Crippen LogP contribution in [0.5, 0.6) is 0 Å². The topological polar surface area (TPSA) is 87.7 Å². The number of fused-ring (bicyclic) bond motifs is 1. The number of urea groups is 1. The minimum absolute atomic E-state index is 0.0482. The van der Waals surface area contributed by atoms with Crippen LogP contribution in [0.15, 0.2) is 27.4 Å². The van der Waals surface area contributed by atoms with Crippen molar-refractivity contribution in [2.75, 3.05) is 11.9 Å². The highest BCUT2D eigenvalue weighted by Crippen LogP contribution is 2.18. The summed E-state index contributed by atoms with van der Waals surface area (Å²) in [6.45, 7) is 5.63. The maximum Gasteiger partial charge on any atom is 0.419 e. The van der Waals surface area contributed by atoms with Crippen LogP contribution < -0.4 is 11.1 Å².